The summed E-state index contributed by atoms with van der Waals surface area (Å²) in [4.78, 5) is 24.9. The molecule has 6 heteroatoms. The molecule has 0 spiro atoms. The number of carbonyl (C=O) groups is 2. The summed E-state index contributed by atoms with van der Waals surface area (Å²) >= 11 is 0. The van der Waals surface area contributed by atoms with Gasteiger partial charge in [0.15, 0.2) is 0 Å². The molecule has 0 aromatic heterocycles. The van der Waals surface area contributed by atoms with Crippen molar-refractivity contribution in [2.24, 2.45) is 0 Å². The smallest absolute Gasteiger partial charge is 0.229 e. The molecule has 2 aliphatic heterocycles. The predicted molar refractivity (Wildman–Crippen MR) is 110 cm³/mol. The van der Waals surface area contributed by atoms with Gasteiger partial charge in [-0.3, -0.25) is 9.59 Å². The van der Waals surface area contributed by atoms with Crippen LogP contribution in [0.2, 0.25) is 0 Å². The van der Waals surface area contributed by atoms with Crippen molar-refractivity contribution in [2.45, 2.75) is 122 Å². The second-order valence-electron chi connectivity index (χ2n) is 11.3. The summed E-state index contributed by atoms with van der Waals surface area (Å²) in [5.74, 6) is -0.364. The van der Waals surface area contributed by atoms with Gasteiger partial charge in [-0.2, -0.15) is 0 Å². The molecule has 2 amide bonds. The molecule has 2 rings (SSSR count). The maximum absolute atomic E-state index is 12.4. The molecule has 2 saturated heterocycles. The third kappa shape index (κ3) is 7.07. The Morgan fingerprint density at radius 1 is 0.667 bits per heavy atom. The second kappa shape index (κ2) is 7.36. The molecular weight excluding hydrogens is 340 g/mol. The number of amides is 2. The van der Waals surface area contributed by atoms with Crippen molar-refractivity contribution in [1.82, 2.24) is 21.3 Å². The second-order valence-corrected chi connectivity index (χ2v) is 11.3. The van der Waals surface area contributed by atoms with E-state index in [9.17, 15) is 9.59 Å². The summed E-state index contributed by atoms with van der Waals surface area (Å²) in [5, 5.41) is 13.4. The fourth-order valence-electron chi connectivity index (χ4n) is 5.55. The van der Waals surface area contributed by atoms with Crippen molar-refractivity contribution in [3.8, 4) is 0 Å². The lowest BCUT2D eigenvalue weighted by atomic mass is 9.79. The first-order chi connectivity index (χ1) is 12.1. The van der Waals surface area contributed by atoms with Gasteiger partial charge in [0.1, 0.15) is 6.42 Å². The summed E-state index contributed by atoms with van der Waals surface area (Å²) in [6.45, 7) is 17.2. The molecule has 0 radical (unpaired) electrons. The molecular formula is C21H40N4O2. The number of carbonyl (C=O) groups excluding carboxylic acids is 2. The first-order valence-corrected chi connectivity index (χ1v) is 10.2. The third-order valence-electron chi connectivity index (χ3n) is 5.43. The molecule has 27 heavy (non-hydrogen) atoms. The van der Waals surface area contributed by atoms with Crippen LogP contribution in [-0.2, 0) is 9.59 Å². The van der Waals surface area contributed by atoms with Crippen LogP contribution < -0.4 is 21.3 Å². The average molecular weight is 381 g/mol. The van der Waals surface area contributed by atoms with Crippen LogP contribution in [-0.4, -0.2) is 46.1 Å². The third-order valence-corrected chi connectivity index (χ3v) is 5.43. The van der Waals surface area contributed by atoms with Gasteiger partial charge < -0.3 is 21.3 Å². The highest BCUT2D eigenvalue weighted by molar-refractivity contribution is 5.97. The Bertz CT molecular complexity index is 499. The lowest BCUT2D eigenvalue weighted by Gasteiger charge is -2.47. The summed E-state index contributed by atoms with van der Waals surface area (Å²) in [6, 6.07) is 0.182. The quantitative estimate of drug-likeness (QED) is 0.564. The first-order valence-electron chi connectivity index (χ1n) is 10.2. The van der Waals surface area contributed by atoms with Crippen LogP contribution in [0.5, 0.6) is 0 Å². The minimum absolute atomic E-state index is 0.0335. The molecule has 0 aromatic carbocycles. The zero-order valence-electron chi connectivity index (χ0n) is 18.5. The Morgan fingerprint density at radius 2 is 0.926 bits per heavy atom. The number of rotatable bonds is 4. The van der Waals surface area contributed by atoms with Gasteiger partial charge in [-0.15, -0.1) is 0 Å². The molecule has 2 fully saturated rings. The number of nitrogens with one attached hydrogen (secondary N) is 4. The first kappa shape index (κ1) is 22.2. The number of hydrogen-bond acceptors (Lipinski definition) is 4. The maximum atomic E-state index is 12.4. The summed E-state index contributed by atoms with van der Waals surface area (Å²) in [5.41, 5.74) is -0.134. The molecule has 0 bridgehead atoms. The Kier molecular flexibility index (Phi) is 6.04. The lowest BCUT2D eigenvalue weighted by molar-refractivity contribution is -0.130. The van der Waals surface area contributed by atoms with E-state index in [4.69, 9.17) is 0 Å². The van der Waals surface area contributed by atoms with Gasteiger partial charge in [-0.05, 0) is 81.1 Å². The number of hydrogen-bond donors (Lipinski definition) is 4. The fourth-order valence-corrected chi connectivity index (χ4v) is 5.55. The summed E-state index contributed by atoms with van der Waals surface area (Å²) < 4.78 is 0. The summed E-state index contributed by atoms with van der Waals surface area (Å²) in [7, 11) is 0. The van der Waals surface area contributed by atoms with E-state index in [1.807, 2.05) is 0 Å². The molecule has 0 atom stereocenters. The van der Waals surface area contributed by atoms with Crippen LogP contribution in [0.25, 0.3) is 0 Å². The van der Waals surface area contributed by atoms with Gasteiger partial charge in [0, 0.05) is 34.2 Å². The van der Waals surface area contributed by atoms with Crippen molar-refractivity contribution < 1.29 is 9.59 Å². The van der Waals surface area contributed by atoms with Crippen LogP contribution in [0.15, 0.2) is 0 Å². The van der Waals surface area contributed by atoms with E-state index in [1.165, 1.54) is 0 Å². The Morgan fingerprint density at radius 3 is 1.19 bits per heavy atom. The number of piperidine rings is 2. The molecule has 6 nitrogen and oxygen atoms in total. The van der Waals surface area contributed by atoms with Gasteiger partial charge in [0.05, 0.1) is 0 Å². The topological polar surface area (TPSA) is 82.3 Å². The maximum Gasteiger partial charge on any atom is 0.229 e. The highest BCUT2D eigenvalue weighted by atomic mass is 16.2. The summed E-state index contributed by atoms with van der Waals surface area (Å²) in [6.07, 6.45) is 3.34. The standard InChI is InChI=1S/C21H40N4O2/c1-18(2)10-14(11-19(3,4)24-18)22-16(26)9-17(27)23-15-12-20(5,6)25-21(7,8)13-15/h14-15,24-25H,9-13H2,1-8H3,(H,22,26)(H,23,27). The van der Waals surface area contributed by atoms with E-state index in [1.54, 1.807) is 0 Å². The molecule has 2 heterocycles. The highest BCUT2D eigenvalue weighted by Gasteiger charge is 2.39. The van der Waals surface area contributed by atoms with Crippen molar-refractivity contribution in [1.29, 1.82) is 0 Å². The lowest BCUT2D eigenvalue weighted by Crippen LogP contribution is -2.63. The van der Waals surface area contributed by atoms with E-state index in [-0.39, 0.29) is 52.5 Å². The fraction of sp³-hybridized carbons (Fsp3) is 0.905. The highest BCUT2D eigenvalue weighted by Crippen LogP contribution is 2.29. The van der Waals surface area contributed by atoms with Gasteiger partial charge >= 0.3 is 0 Å². The average Bonchev–Trinajstić information content (AvgIpc) is 2.28. The van der Waals surface area contributed by atoms with E-state index < -0.39 is 0 Å². The van der Waals surface area contributed by atoms with Crippen molar-refractivity contribution in [3.05, 3.63) is 0 Å². The molecule has 156 valence electrons. The molecule has 0 aromatic rings. The van der Waals surface area contributed by atoms with E-state index in [0.29, 0.717) is 0 Å². The molecule has 0 saturated carbocycles. The monoisotopic (exact) mass is 380 g/mol. The van der Waals surface area contributed by atoms with Crippen molar-refractivity contribution in [3.63, 3.8) is 0 Å². The van der Waals surface area contributed by atoms with Gasteiger partial charge in [0.25, 0.3) is 0 Å². The predicted octanol–water partition coefficient (Wildman–Crippen LogP) is 2.23. The van der Waals surface area contributed by atoms with Gasteiger partial charge in [0.2, 0.25) is 11.8 Å². The normalized spacial score (nSPS) is 27.0. The van der Waals surface area contributed by atoms with Crippen LogP contribution in [0.3, 0.4) is 0 Å². The minimum Gasteiger partial charge on any atom is -0.353 e. The van der Waals surface area contributed by atoms with Gasteiger partial charge in [-0.1, -0.05) is 0 Å². The zero-order valence-corrected chi connectivity index (χ0v) is 18.5. The zero-order chi connectivity index (χ0) is 20.7. The Balaban J connectivity index is 1.86. The Labute approximate surface area is 165 Å². The van der Waals surface area contributed by atoms with Crippen LogP contribution in [0.4, 0.5) is 0 Å². The molecule has 4 N–H and O–H groups in total. The largest absolute Gasteiger partial charge is 0.353 e. The molecule has 2 aliphatic rings. The van der Waals surface area contributed by atoms with E-state index >= 15 is 0 Å². The van der Waals surface area contributed by atoms with Crippen LogP contribution in [0.1, 0.15) is 87.5 Å². The van der Waals surface area contributed by atoms with E-state index in [2.05, 4.69) is 76.7 Å². The van der Waals surface area contributed by atoms with Gasteiger partial charge in [-0.25, -0.2) is 0 Å². The Hall–Kier alpha value is -1.14. The van der Waals surface area contributed by atoms with Crippen LogP contribution in [0, 0.1) is 0 Å². The van der Waals surface area contributed by atoms with Crippen LogP contribution >= 0.6 is 0 Å². The van der Waals surface area contributed by atoms with Crippen molar-refractivity contribution in [2.75, 3.05) is 0 Å². The van der Waals surface area contributed by atoms with E-state index in [0.717, 1.165) is 25.7 Å². The minimum atomic E-state index is -0.182. The SMILES string of the molecule is CC1(C)CC(NC(=O)CC(=O)NC2CC(C)(C)NC(C)(C)C2)CC(C)(C)N1. The molecule has 0 unspecified atom stereocenters. The van der Waals surface area contributed by atoms with Crippen molar-refractivity contribution >= 4 is 11.8 Å². The molecule has 0 aliphatic carbocycles.